The van der Waals surface area contributed by atoms with Crippen LogP contribution in [0.1, 0.15) is 27.2 Å². The van der Waals surface area contributed by atoms with Crippen molar-refractivity contribution < 1.29 is 23.9 Å². The number of Topliss-reactive ketones (excluding diaryl/α,β-unsaturated/α-hetero) is 1. The quantitative estimate of drug-likeness (QED) is 0.559. The van der Waals surface area contributed by atoms with Crippen LogP contribution in [-0.2, 0) is 19.1 Å². The topological polar surface area (TPSA) is 80.8 Å². The molecule has 1 fully saturated rings. The Morgan fingerprint density at radius 3 is 2.53 bits per heavy atom. The van der Waals surface area contributed by atoms with E-state index in [1.165, 1.54) is 13.8 Å². The molecule has 19 heavy (non-hydrogen) atoms. The molecule has 7 heteroatoms. The highest BCUT2D eigenvalue weighted by molar-refractivity contribution is 8.13. The van der Waals surface area contributed by atoms with E-state index in [0.29, 0.717) is 5.75 Å². The van der Waals surface area contributed by atoms with Crippen molar-refractivity contribution in [3.05, 3.63) is 0 Å². The van der Waals surface area contributed by atoms with Gasteiger partial charge in [0.25, 0.3) is 5.24 Å². The van der Waals surface area contributed by atoms with Gasteiger partial charge < -0.3 is 4.74 Å². The molecule has 1 rings (SSSR count). The van der Waals surface area contributed by atoms with E-state index in [1.54, 1.807) is 6.92 Å². The molecule has 1 aliphatic rings. The standard InChI is InChI=1S/C12H17NO5S/c1-4-18-10(16)12(2,3)8(14)7-13-9(15)5-6-19-11(13)17/h4-7H2,1-3H3. The fourth-order valence-electron chi connectivity index (χ4n) is 1.46. The average molecular weight is 287 g/mol. The van der Waals surface area contributed by atoms with Crippen molar-refractivity contribution in [1.29, 1.82) is 0 Å². The van der Waals surface area contributed by atoms with Gasteiger partial charge in [-0.25, -0.2) is 0 Å². The lowest BCUT2D eigenvalue weighted by molar-refractivity contribution is -0.158. The van der Waals surface area contributed by atoms with Gasteiger partial charge in [0.2, 0.25) is 5.91 Å². The van der Waals surface area contributed by atoms with Gasteiger partial charge in [-0.05, 0) is 20.8 Å². The SMILES string of the molecule is CCOC(=O)C(C)(C)C(=O)CN1C(=O)CCSC1=O. The molecule has 6 nitrogen and oxygen atoms in total. The Hall–Kier alpha value is -1.37. The molecule has 0 spiro atoms. The largest absolute Gasteiger partial charge is 0.465 e. The predicted molar refractivity (Wildman–Crippen MR) is 69.6 cm³/mol. The maximum Gasteiger partial charge on any atom is 0.319 e. The van der Waals surface area contributed by atoms with Gasteiger partial charge in [0.05, 0.1) is 13.2 Å². The van der Waals surface area contributed by atoms with Crippen LogP contribution >= 0.6 is 11.8 Å². The minimum atomic E-state index is -1.36. The number of esters is 1. The molecule has 2 amide bonds. The molecule has 0 bridgehead atoms. The summed E-state index contributed by atoms with van der Waals surface area (Å²) in [5.74, 6) is -1.10. The molecule has 0 aromatic carbocycles. The third-order valence-corrected chi connectivity index (χ3v) is 3.72. The zero-order valence-electron chi connectivity index (χ0n) is 11.2. The van der Waals surface area contributed by atoms with Gasteiger partial charge in [-0.2, -0.15) is 0 Å². The molecule has 0 saturated carbocycles. The van der Waals surface area contributed by atoms with Gasteiger partial charge in [0, 0.05) is 12.2 Å². The molecule has 0 N–H and O–H groups in total. The highest BCUT2D eigenvalue weighted by atomic mass is 32.2. The van der Waals surface area contributed by atoms with Crippen molar-refractivity contribution in [2.24, 2.45) is 5.41 Å². The maximum atomic E-state index is 12.1. The third-order valence-electron chi connectivity index (χ3n) is 2.85. The molecule has 0 aliphatic carbocycles. The van der Waals surface area contributed by atoms with E-state index >= 15 is 0 Å². The van der Waals surface area contributed by atoms with Gasteiger partial charge in [-0.3, -0.25) is 24.1 Å². The first-order chi connectivity index (χ1) is 8.80. The van der Waals surface area contributed by atoms with E-state index in [2.05, 4.69) is 0 Å². The summed E-state index contributed by atoms with van der Waals surface area (Å²) in [6, 6.07) is 0. The van der Waals surface area contributed by atoms with Crippen LogP contribution in [0.25, 0.3) is 0 Å². The van der Waals surface area contributed by atoms with Crippen LogP contribution in [0.5, 0.6) is 0 Å². The lowest BCUT2D eigenvalue weighted by atomic mass is 9.88. The molecule has 0 aromatic heterocycles. The molecular formula is C12H17NO5S. The van der Waals surface area contributed by atoms with E-state index in [1.807, 2.05) is 0 Å². The van der Waals surface area contributed by atoms with E-state index in [0.717, 1.165) is 16.7 Å². The van der Waals surface area contributed by atoms with Crippen LogP contribution in [0.4, 0.5) is 4.79 Å². The van der Waals surface area contributed by atoms with Crippen LogP contribution in [0.3, 0.4) is 0 Å². The Bertz CT molecular complexity index is 402. The van der Waals surface area contributed by atoms with Crippen molar-refractivity contribution in [1.82, 2.24) is 4.90 Å². The van der Waals surface area contributed by atoms with E-state index in [4.69, 9.17) is 4.74 Å². The number of thioether (sulfide) groups is 1. The fourth-order valence-corrected chi connectivity index (χ4v) is 2.23. The normalized spacial score (nSPS) is 16.5. The Morgan fingerprint density at radius 1 is 1.37 bits per heavy atom. The Kier molecular flexibility index (Phi) is 5.11. The second kappa shape index (κ2) is 6.18. The van der Waals surface area contributed by atoms with Crippen LogP contribution in [-0.4, -0.2) is 46.7 Å². The molecule has 0 unspecified atom stereocenters. The first kappa shape index (κ1) is 15.7. The second-order valence-corrected chi connectivity index (χ2v) is 5.66. The molecule has 1 heterocycles. The summed E-state index contributed by atoms with van der Waals surface area (Å²) in [4.78, 5) is 47.8. The van der Waals surface area contributed by atoms with Crippen molar-refractivity contribution in [3.8, 4) is 0 Å². The lowest BCUT2D eigenvalue weighted by Gasteiger charge is -2.27. The van der Waals surface area contributed by atoms with Gasteiger partial charge in [0.1, 0.15) is 5.41 Å². The van der Waals surface area contributed by atoms with Crippen LogP contribution < -0.4 is 0 Å². The Morgan fingerprint density at radius 2 is 2.00 bits per heavy atom. The summed E-state index contributed by atoms with van der Waals surface area (Å²) < 4.78 is 4.82. The van der Waals surface area contributed by atoms with Crippen LogP contribution in [0.2, 0.25) is 0 Å². The summed E-state index contributed by atoms with van der Waals surface area (Å²) in [6.07, 6.45) is 0.226. The van der Waals surface area contributed by atoms with Gasteiger partial charge >= 0.3 is 5.97 Å². The maximum absolute atomic E-state index is 12.1. The number of nitrogens with zero attached hydrogens (tertiary/aromatic N) is 1. The second-order valence-electron chi connectivity index (χ2n) is 4.61. The Labute approximate surface area is 115 Å². The first-order valence-corrected chi connectivity index (χ1v) is 6.97. The minimum Gasteiger partial charge on any atom is -0.465 e. The smallest absolute Gasteiger partial charge is 0.319 e. The number of imide groups is 1. The molecule has 1 saturated heterocycles. The lowest BCUT2D eigenvalue weighted by Crippen LogP contribution is -2.47. The van der Waals surface area contributed by atoms with Crippen molar-refractivity contribution >= 4 is 34.7 Å². The average Bonchev–Trinajstić information content (AvgIpc) is 2.34. The number of hydrogen-bond acceptors (Lipinski definition) is 6. The van der Waals surface area contributed by atoms with E-state index in [-0.39, 0.29) is 25.5 Å². The van der Waals surface area contributed by atoms with Crippen LogP contribution in [0.15, 0.2) is 0 Å². The minimum absolute atomic E-state index is 0.174. The number of ether oxygens (including phenoxy) is 1. The number of amides is 2. The third kappa shape index (κ3) is 3.56. The summed E-state index contributed by atoms with van der Waals surface area (Å²) in [6.45, 7) is 4.30. The van der Waals surface area contributed by atoms with Crippen LogP contribution in [0, 0.1) is 5.41 Å². The summed E-state index contributed by atoms with van der Waals surface area (Å²) in [7, 11) is 0. The molecular weight excluding hydrogens is 270 g/mol. The molecule has 0 radical (unpaired) electrons. The number of ketones is 1. The highest BCUT2D eigenvalue weighted by Crippen LogP contribution is 2.23. The van der Waals surface area contributed by atoms with E-state index < -0.39 is 22.4 Å². The zero-order valence-corrected chi connectivity index (χ0v) is 12.0. The fraction of sp³-hybridized carbons (Fsp3) is 0.667. The van der Waals surface area contributed by atoms with Gasteiger partial charge in [-0.15, -0.1) is 0 Å². The zero-order chi connectivity index (χ0) is 14.6. The van der Waals surface area contributed by atoms with Crippen molar-refractivity contribution in [2.75, 3.05) is 18.9 Å². The number of hydrogen-bond donors (Lipinski definition) is 0. The monoisotopic (exact) mass is 287 g/mol. The molecule has 1 aliphatic heterocycles. The van der Waals surface area contributed by atoms with Gasteiger partial charge in [0.15, 0.2) is 5.78 Å². The van der Waals surface area contributed by atoms with Crippen molar-refractivity contribution in [2.45, 2.75) is 27.2 Å². The highest BCUT2D eigenvalue weighted by Gasteiger charge is 2.40. The Balaban J connectivity index is 2.75. The number of rotatable bonds is 5. The van der Waals surface area contributed by atoms with Crippen molar-refractivity contribution in [3.63, 3.8) is 0 Å². The summed E-state index contributed by atoms with van der Waals surface area (Å²) >= 11 is 0.999. The molecule has 0 atom stereocenters. The summed E-state index contributed by atoms with van der Waals surface area (Å²) in [5, 5.41) is -0.441. The van der Waals surface area contributed by atoms with Gasteiger partial charge in [-0.1, -0.05) is 11.8 Å². The van der Waals surface area contributed by atoms with E-state index in [9.17, 15) is 19.2 Å². The first-order valence-electron chi connectivity index (χ1n) is 5.98. The number of carbonyl (C=O) groups is 4. The molecule has 0 aromatic rings. The predicted octanol–water partition coefficient (Wildman–Crippen LogP) is 1.23. The molecule has 106 valence electrons. The number of carbonyl (C=O) groups excluding carboxylic acids is 4. The summed E-state index contributed by atoms with van der Waals surface area (Å²) in [5.41, 5.74) is -1.36.